The van der Waals surface area contributed by atoms with Gasteiger partial charge in [0.25, 0.3) is 10.0 Å². The molecule has 3 rings (SSSR count). The highest BCUT2D eigenvalue weighted by molar-refractivity contribution is 7.96. The SMILES string of the molecule is C[C@H]1C[C@@]2(C=CS(=O)(=O)N2c2cccc(F)c2)CCN1C(=O)O. The van der Waals surface area contributed by atoms with E-state index in [1.54, 1.807) is 19.1 Å². The molecule has 1 spiro atoms. The molecule has 1 aromatic carbocycles. The predicted octanol–water partition coefficient (Wildman–Crippen LogP) is 2.39. The van der Waals surface area contributed by atoms with Crippen molar-refractivity contribution in [3.63, 3.8) is 0 Å². The number of nitrogens with zero attached hydrogens (tertiary/aromatic N) is 2. The van der Waals surface area contributed by atoms with Gasteiger partial charge in [-0.1, -0.05) is 6.07 Å². The quantitative estimate of drug-likeness (QED) is 0.851. The molecule has 0 aromatic heterocycles. The monoisotopic (exact) mass is 340 g/mol. The van der Waals surface area contributed by atoms with Crippen molar-refractivity contribution in [3.05, 3.63) is 41.6 Å². The van der Waals surface area contributed by atoms with Crippen LogP contribution in [0.1, 0.15) is 19.8 Å². The van der Waals surface area contributed by atoms with Crippen LogP contribution in [-0.2, 0) is 10.0 Å². The Morgan fingerprint density at radius 3 is 2.78 bits per heavy atom. The molecule has 23 heavy (non-hydrogen) atoms. The Kier molecular flexibility index (Phi) is 3.59. The zero-order chi connectivity index (χ0) is 16.8. The van der Waals surface area contributed by atoms with Crippen LogP contribution in [0.25, 0.3) is 0 Å². The van der Waals surface area contributed by atoms with Crippen LogP contribution in [0.3, 0.4) is 0 Å². The maximum absolute atomic E-state index is 13.5. The summed E-state index contributed by atoms with van der Waals surface area (Å²) in [6.07, 6.45) is 1.24. The Bertz CT molecular complexity index is 779. The first kappa shape index (κ1) is 15.8. The molecule has 2 aliphatic heterocycles. The molecule has 1 amide bonds. The van der Waals surface area contributed by atoms with Crippen LogP contribution in [0.4, 0.5) is 14.9 Å². The number of hydrogen-bond acceptors (Lipinski definition) is 3. The molecule has 0 radical (unpaired) electrons. The average molecular weight is 340 g/mol. The number of sulfonamides is 1. The molecule has 0 aliphatic carbocycles. The van der Waals surface area contributed by atoms with Gasteiger partial charge in [0.1, 0.15) is 5.82 Å². The van der Waals surface area contributed by atoms with Crippen LogP contribution in [0, 0.1) is 5.82 Å². The van der Waals surface area contributed by atoms with E-state index in [4.69, 9.17) is 0 Å². The van der Waals surface area contributed by atoms with E-state index in [9.17, 15) is 22.7 Å². The minimum Gasteiger partial charge on any atom is -0.465 e. The van der Waals surface area contributed by atoms with Crippen LogP contribution in [0.2, 0.25) is 0 Å². The number of amides is 1. The first-order valence-corrected chi connectivity index (χ1v) is 8.75. The second-order valence-electron chi connectivity index (χ2n) is 5.97. The fraction of sp³-hybridized carbons (Fsp3) is 0.400. The molecular weight excluding hydrogens is 323 g/mol. The van der Waals surface area contributed by atoms with Gasteiger partial charge in [0.15, 0.2) is 0 Å². The normalized spacial score (nSPS) is 29.2. The van der Waals surface area contributed by atoms with Crippen molar-refractivity contribution in [1.82, 2.24) is 4.90 Å². The molecule has 0 saturated carbocycles. The zero-order valence-electron chi connectivity index (χ0n) is 12.5. The third-order valence-electron chi connectivity index (χ3n) is 4.46. The van der Waals surface area contributed by atoms with Gasteiger partial charge < -0.3 is 10.0 Å². The molecule has 0 bridgehead atoms. The molecular formula is C15H17FN2O4S. The van der Waals surface area contributed by atoms with Gasteiger partial charge >= 0.3 is 6.09 Å². The maximum atomic E-state index is 13.5. The van der Waals surface area contributed by atoms with E-state index in [0.717, 1.165) is 5.41 Å². The van der Waals surface area contributed by atoms with Crippen molar-refractivity contribution >= 4 is 21.8 Å². The summed E-state index contributed by atoms with van der Waals surface area (Å²) in [5.41, 5.74) is -0.594. The van der Waals surface area contributed by atoms with Crippen molar-refractivity contribution in [3.8, 4) is 0 Å². The van der Waals surface area contributed by atoms with Gasteiger partial charge in [0.05, 0.1) is 11.2 Å². The van der Waals surface area contributed by atoms with E-state index in [1.165, 1.54) is 27.4 Å². The largest absolute Gasteiger partial charge is 0.465 e. The fourth-order valence-corrected chi connectivity index (χ4v) is 5.17. The molecule has 1 saturated heterocycles. The van der Waals surface area contributed by atoms with E-state index in [0.29, 0.717) is 12.8 Å². The second-order valence-corrected chi connectivity index (χ2v) is 7.64. The lowest BCUT2D eigenvalue weighted by atomic mass is 9.83. The lowest BCUT2D eigenvalue weighted by Gasteiger charge is -2.46. The first-order valence-electron chi connectivity index (χ1n) is 7.25. The summed E-state index contributed by atoms with van der Waals surface area (Å²) in [5.74, 6) is -0.518. The Labute approximate surface area is 133 Å². The summed E-state index contributed by atoms with van der Waals surface area (Å²) in [5, 5.41) is 10.3. The van der Waals surface area contributed by atoms with E-state index in [1.807, 2.05) is 0 Å². The highest BCUT2D eigenvalue weighted by Gasteiger charge is 2.50. The first-order chi connectivity index (χ1) is 10.8. The number of benzene rings is 1. The minimum absolute atomic E-state index is 0.224. The van der Waals surface area contributed by atoms with Gasteiger partial charge in [0.2, 0.25) is 0 Å². The predicted molar refractivity (Wildman–Crippen MR) is 83.1 cm³/mol. The van der Waals surface area contributed by atoms with Crippen molar-refractivity contribution in [2.24, 2.45) is 0 Å². The molecule has 124 valence electrons. The van der Waals surface area contributed by atoms with Crippen molar-refractivity contribution < 1.29 is 22.7 Å². The van der Waals surface area contributed by atoms with E-state index < -0.39 is 27.5 Å². The lowest BCUT2D eigenvalue weighted by Crippen LogP contribution is -2.57. The number of rotatable bonds is 1. The number of anilines is 1. The highest BCUT2D eigenvalue weighted by Crippen LogP contribution is 2.43. The van der Waals surface area contributed by atoms with Gasteiger partial charge in [-0.3, -0.25) is 4.31 Å². The maximum Gasteiger partial charge on any atom is 0.407 e. The summed E-state index contributed by atoms with van der Waals surface area (Å²) in [6, 6.07) is 5.10. The third-order valence-corrected chi connectivity index (χ3v) is 6.03. The van der Waals surface area contributed by atoms with Crippen LogP contribution >= 0.6 is 0 Å². The molecule has 1 fully saturated rings. The Morgan fingerprint density at radius 2 is 2.17 bits per heavy atom. The van der Waals surface area contributed by atoms with Crippen molar-refractivity contribution in [1.29, 1.82) is 0 Å². The topological polar surface area (TPSA) is 77.9 Å². The van der Waals surface area contributed by atoms with Crippen molar-refractivity contribution in [2.75, 3.05) is 10.8 Å². The molecule has 6 nitrogen and oxygen atoms in total. The minimum atomic E-state index is -3.71. The number of likely N-dealkylation sites (tertiary alicyclic amines) is 1. The summed E-state index contributed by atoms with van der Waals surface area (Å²) < 4.78 is 39.7. The molecule has 8 heteroatoms. The summed E-state index contributed by atoms with van der Waals surface area (Å²) >= 11 is 0. The summed E-state index contributed by atoms with van der Waals surface area (Å²) in [4.78, 5) is 12.5. The van der Waals surface area contributed by atoms with Crippen LogP contribution < -0.4 is 4.31 Å². The smallest absolute Gasteiger partial charge is 0.407 e. The van der Waals surface area contributed by atoms with Crippen LogP contribution in [-0.4, -0.2) is 42.6 Å². The second kappa shape index (κ2) is 5.23. The standard InChI is InChI=1S/C15H17FN2O4S/c1-11-10-15(5-7-17(11)14(19)20)6-8-23(21,22)18(15)13-4-2-3-12(16)9-13/h2-4,6,8-9,11H,5,7,10H2,1H3,(H,19,20)/t11-,15-/m0/s1. The third kappa shape index (κ3) is 2.56. The van der Waals surface area contributed by atoms with Gasteiger partial charge in [-0.05, 0) is 44.0 Å². The highest BCUT2D eigenvalue weighted by atomic mass is 32.2. The molecule has 2 aliphatic rings. The molecule has 1 aromatic rings. The van der Waals surface area contributed by atoms with Gasteiger partial charge in [-0.2, -0.15) is 0 Å². The number of carboxylic acid groups (broad SMARTS) is 1. The van der Waals surface area contributed by atoms with Crippen molar-refractivity contribution in [2.45, 2.75) is 31.3 Å². The van der Waals surface area contributed by atoms with Gasteiger partial charge in [0, 0.05) is 18.0 Å². The lowest BCUT2D eigenvalue weighted by molar-refractivity contribution is 0.0982. The Morgan fingerprint density at radius 1 is 1.43 bits per heavy atom. The summed E-state index contributed by atoms with van der Waals surface area (Å²) in [6.45, 7) is 1.97. The number of piperidine rings is 1. The van der Waals surface area contributed by atoms with E-state index in [-0.39, 0.29) is 18.3 Å². The van der Waals surface area contributed by atoms with Crippen LogP contribution in [0.5, 0.6) is 0 Å². The van der Waals surface area contributed by atoms with E-state index >= 15 is 0 Å². The molecule has 0 unspecified atom stereocenters. The Hall–Kier alpha value is -2.09. The van der Waals surface area contributed by atoms with Crippen LogP contribution in [0.15, 0.2) is 35.7 Å². The van der Waals surface area contributed by atoms with Gasteiger partial charge in [-0.15, -0.1) is 0 Å². The van der Waals surface area contributed by atoms with E-state index in [2.05, 4.69) is 0 Å². The zero-order valence-corrected chi connectivity index (χ0v) is 13.3. The molecule has 2 heterocycles. The fourth-order valence-electron chi connectivity index (χ4n) is 3.48. The Balaban J connectivity index is 2.02. The summed E-state index contributed by atoms with van der Waals surface area (Å²) in [7, 11) is -3.71. The molecule has 2 atom stereocenters. The number of halogens is 1. The average Bonchev–Trinajstić information content (AvgIpc) is 2.69. The van der Waals surface area contributed by atoms with Gasteiger partial charge in [-0.25, -0.2) is 17.6 Å². The number of carbonyl (C=O) groups is 1. The number of hydrogen-bond donors (Lipinski definition) is 1. The molecule has 1 N–H and O–H groups in total.